The number of benzene rings is 2. The summed E-state index contributed by atoms with van der Waals surface area (Å²) >= 11 is 1.42. The molecule has 2 aromatic carbocycles. The van der Waals surface area contributed by atoms with E-state index in [-0.39, 0.29) is 11.3 Å². The topological polar surface area (TPSA) is 92.0 Å². The SMILES string of the molecule is COc1cc(/C=N/n2cnc3scc(-c4ccc(C)cc4)c3c2=O)ccc1OC(=O)OC(C)(C)C. The van der Waals surface area contributed by atoms with Crippen molar-refractivity contribution in [3.63, 3.8) is 0 Å². The van der Waals surface area contributed by atoms with Crippen LogP contribution in [0.2, 0.25) is 0 Å². The molecule has 0 saturated heterocycles. The minimum absolute atomic E-state index is 0.208. The number of nitrogens with zero attached hydrogens (tertiary/aromatic N) is 3. The number of carbonyl (C=O) groups excluding carboxylic acids is 1. The molecular formula is C26H25N3O5S. The van der Waals surface area contributed by atoms with Crippen molar-refractivity contribution in [1.29, 1.82) is 0 Å². The van der Waals surface area contributed by atoms with Gasteiger partial charge in [0, 0.05) is 10.9 Å². The lowest BCUT2D eigenvalue weighted by Gasteiger charge is -2.19. The van der Waals surface area contributed by atoms with Crippen molar-refractivity contribution in [2.75, 3.05) is 7.11 Å². The Morgan fingerprint density at radius 2 is 1.86 bits per heavy atom. The van der Waals surface area contributed by atoms with Crippen molar-refractivity contribution in [3.05, 3.63) is 75.7 Å². The summed E-state index contributed by atoms with van der Waals surface area (Å²) in [6.07, 6.45) is 2.07. The molecule has 2 heterocycles. The highest BCUT2D eigenvalue weighted by Gasteiger charge is 2.19. The first-order valence-corrected chi connectivity index (χ1v) is 11.7. The van der Waals surface area contributed by atoms with Crippen LogP contribution in [0, 0.1) is 6.92 Å². The average molecular weight is 492 g/mol. The number of aryl methyl sites for hydroxylation is 1. The fourth-order valence-electron chi connectivity index (χ4n) is 3.29. The van der Waals surface area contributed by atoms with E-state index in [4.69, 9.17) is 14.2 Å². The molecule has 8 nitrogen and oxygen atoms in total. The van der Waals surface area contributed by atoms with Gasteiger partial charge in [0.1, 0.15) is 16.8 Å². The molecule has 4 rings (SSSR count). The van der Waals surface area contributed by atoms with Crippen molar-refractivity contribution in [3.8, 4) is 22.6 Å². The second kappa shape index (κ2) is 9.71. The molecule has 180 valence electrons. The van der Waals surface area contributed by atoms with E-state index in [0.717, 1.165) is 16.7 Å². The Kier molecular flexibility index (Phi) is 6.70. The predicted molar refractivity (Wildman–Crippen MR) is 137 cm³/mol. The van der Waals surface area contributed by atoms with Crippen LogP contribution in [-0.2, 0) is 4.74 Å². The number of ether oxygens (including phenoxy) is 3. The molecule has 0 atom stereocenters. The standard InChI is InChI=1S/C26H25N3O5S/c1-16-6-9-18(10-7-16)19-14-35-23-22(19)24(30)29(15-27-23)28-13-17-8-11-20(21(12-17)32-5)33-25(31)34-26(2,3)4/h6-15H,1-5H3/b28-13+. The van der Waals surface area contributed by atoms with Gasteiger partial charge < -0.3 is 14.2 Å². The number of fused-ring (bicyclic) bond motifs is 1. The van der Waals surface area contributed by atoms with E-state index in [1.54, 1.807) is 39.0 Å². The molecular weight excluding hydrogens is 466 g/mol. The first-order valence-electron chi connectivity index (χ1n) is 10.8. The Labute approximate surface area is 206 Å². The summed E-state index contributed by atoms with van der Waals surface area (Å²) in [5.74, 6) is 0.528. The van der Waals surface area contributed by atoms with E-state index in [1.807, 2.05) is 36.6 Å². The minimum atomic E-state index is -0.830. The number of hydrogen-bond donors (Lipinski definition) is 0. The molecule has 2 aromatic heterocycles. The van der Waals surface area contributed by atoms with Crippen molar-refractivity contribution >= 4 is 33.9 Å². The van der Waals surface area contributed by atoms with Crippen molar-refractivity contribution in [2.45, 2.75) is 33.3 Å². The van der Waals surface area contributed by atoms with Gasteiger partial charge in [0.25, 0.3) is 5.56 Å². The van der Waals surface area contributed by atoms with E-state index in [9.17, 15) is 9.59 Å². The van der Waals surface area contributed by atoms with Crippen molar-refractivity contribution in [2.24, 2.45) is 5.10 Å². The largest absolute Gasteiger partial charge is 0.514 e. The molecule has 9 heteroatoms. The zero-order chi connectivity index (χ0) is 25.2. The Morgan fingerprint density at radius 3 is 2.54 bits per heavy atom. The van der Waals surface area contributed by atoms with Gasteiger partial charge in [-0.05, 0) is 57.0 Å². The number of aromatic nitrogens is 2. The number of hydrogen-bond acceptors (Lipinski definition) is 8. The smallest absolute Gasteiger partial charge is 0.493 e. The fraction of sp³-hybridized carbons (Fsp3) is 0.231. The third-order valence-corrected chi connectivity index (χ3v) is 5.83. The normalized spacial score (nSPS) is 11.7. The maximum absolute atomic E-state index is 13.2. The molecule has 0 bridgehead atoms. The summed E-state index contributed by atoms with van der Waals surface area (Å²) in [5.41, 5.74) is 2.62. The average Bonchev–Trinajstić information content (AvgIpc) is 3.23. The van der Waals surface area contributed by atoms with Crippen LogP contribution in [0.4, 0.5) is 4.79 Å². The summed E-state index contributed by atoms with van der Waals surface area (Å²) in [6.45, 7) is 7.26. The van der Waals surface area contributed by atoms with E-state index in [1.165, 1.54) is 35.7 Å². The molecule has 0 aliphatic heterocycles. The molecule has 0 amide bonds. The molecule has 4 aromatic rings. The Bertz CT molecular complexity index is 1460. The lowest BCUT2D eigenvalue weighted by Crippen LogP contribution is -2.26. The highest BCUT2D eigenvalue weighted by Crippen LogP contribution is 2.31. The van der Waals surface area contributed by atoms with Gasteiger partial charge in [-0.1, -0.05) is 29.8 Å². The van der Waals surface area contributed by atoms with Crippen molar-refractivity contribution < 1.29 is 19.0 Å². The lowest BCUT2D eigenvalue weighted by atomic mass is 10.1. The monoisotopic (exact) mass is 491 g/mol. The van der Waals surface area contributed by atoms with Gasteiger partial charge in [-0.25, -0.2) is 9.78 Å². The van der Waals surface area contributed by atoms with Crippen LogP contribution in [0.1, 0.15) is 31.9 Å². The molecule has 0 N–H and O–H groups in total. The molecule has 0 saturated carbocycles. The highest BCUT2D eigenvalue weighted by atomic mass is 32.1. The Morgan fingerprint density at radius 1 is 1.11 bits per heavy atom. The van der Waals surface area contributed by atoms with Crippen LogP contribution in [0.25, 0.3) is 21.3 Å². The van der Waals surface area contributed by atoms with E-state index < -0.39 is 11.8 Å². The van der Waals surface area contributed by atoms with Crippen LogP contribution < -0.4 is 15.0 Å². The van der Waals surface area contributed by atoms with Gasteiger partial charge in [0.15, 0.2) is 11.5 Å². The maximum Gasteiger partial charge on any atom is 0.514 e. The fourth-order valence-corrected chi connectivity index (χ4v) is 4.20. The molecule has 0 radical (unpaired) electrons. The summed E-state index contributed by atoms with van der Waals surface area (Å²) in [5, 5.41) is 6.76. The van der Waals surface area contributed by atoms with Gasteiger partial charge in [-0.15, -0.1) is 11.3 Å². The Hall–Kier alpha value is -3.98. The number of methoxy groups -OCH3 is 1. The van der Waals surface area contributed by atoms with Gasteiger partial charge in [-0.2, -0.15) is 9.78 Å². The van der Waals surface area contributed by atoms with E-state index in [0.29, 0.717) is 21.5 Å². The molecule has 35 heavy (non-hydrogen) atoms. The first kappa shape index (κ1) is 24.2. The Balaban J connectivity index is 1.61. The molecule has 0 fully saturated rings. The minimum Gasteiger partial charge on any atom is -0.493 e. The number of thiophene rings is 1. The summed E-state index contributed by atoms with van der Waals surface area (Å²) in [4.78, 5) is 30.2. The second-order valence-electron chi connectivity index (χ2n) is 8.81. The predicted octanol–water partition coefficient (Wildman–Crippen LogP) is 5.64. The summed E-state index contributed by atoms with van der Waals surface area (Å²) in [7, 11) is 1.46. The summed E-state index contributed by atoms with van der Waals surface area (Å²) < 4.78 is 17.0. The molecule has 0 spiro atoms. The van der Waals surface area contributed by atoms with Gasteiger partial charge in [-0.3, -0.25) is 4.79 Å². The maximum atomic E-state index is 13.2. The molecule has 0 aliphatic carbocycles. The zero-order valence-electron chi connectivity index (χ0n) is 20.1. The van der Waals surface area contributed by atoms with E-state index >= 15 is 0 Å². The van der Waals surface area contributed by atoms with Gasteiger partial charge >= 0.3 is 6.16 Å². The lowest BCUT2D eigenvalue weighted by molar-refractivity contribution is 0.0201. The highest BCUT2D eigenvalue weighted by molar-refractivity contribution is 7.17. The first-order chi connectivity index (χ1) is 16.6. The molecule has 0 unspecified atom stereocenters. The van der Waals surface area contributed by atoms with Crippen LogP contribution in [-0.4, -0.2) is 34.7 Å². The molecule has 0 aliphatic rings. The number of rotatable bonds is 5. The van der Waals surface area contributed by atoms with Crippen LogP contribution in [0.5, 0.6) is 11.5 Å². The van der Waals surface area contributed by atoms with Gasteiger partial charge in [0.05, 0.1) is 18.7 Å². The second-order valence-corrected chi connectivity index (χ2v) is 9.67. The van der Waals surface area contributed by atoms with E-state index in [2.05, 4.69) is 10.1 Å². The zero-order valence-corrected chi connectivity index (χ0v) is 20.9. The third-order valence-electron chi connectivity index (χ3n) is 4.94. The van der Waals surface area contributed by atoms with Crippen LogP contribution in [0.15, 0.2) is 64.1 Å². The van der Waals surface area contributed by atoms with Crippen LogP contribution >= 0.6 is 11.3 Å². The van der Waals surface area contributed by atoms with Crippen molar-refractivity contribution in [1.82, 2.24) is 9.66 Å². The summed E-state index contributed by atoms with van der Waals surface area (Å²) in [6, 6.07) is 12.9. The van der Waals surface area contributed by atoms with Gasteiger partial charge in [0.2, 0.25) is 0 Å². The number of carbonyl (C=O) groups is 1. The quantitative estimate of drug-likeness (QED) is 0.204. The van der Waals surface area contributed by atoms with Crippen LogP contribution in [0.3, 0.4) is 0 Å². The third kappa shape index (κ3) is 5.58.